The summed E-state index contributed by atoms with van der Waals surface area (Å²) in [6, 6.07) is 12.4. The molecular formula is C19H17Cl2N3O2. The molecule has 0 saturated heterocycles. The maximum Gasteiger partial charge on any atom is 0.276 e. The van der Waals surface area contributed by atoms with Crippen LogP contribution in [-0.4, -0.2) is 15.7 Å². The van der Waals surface area contributed by atoms with Crippen molar-refractivity contribution in [2.45, 2.75) is 20.6 Å². The Kier molecular flexibility index (Phi) is 5.49. The molecule has 1 heterocycles. The predicted octanol–water partition coefficient (Wildman–Crippen LogP) is 5.10. The third-order valence-corrected chi connectivity index (χ3v) is 4.28. The summed E-state index contributed by atoms with van der Waals surface area (Å²) < 4.78 is 7.12. The average molecular weight is 390 g/mol. The van der Waals surface area contributed by atoms with Crippen LogP contribution in [-0.2, 0) is 6.73 Å². The van der Waals surface area contributed by atoms with Crippen LogP contribution >= 0.6 is 23.2 Å². The van der Waals surface area contributed by atoms with Crippen LogP contribution in [0.15, 0.2) is 48.7 Å². The third-order valence-electron chi connectivity index (χ3n) is 3.75. The van der Waals surface area contributed by atoms with Crippen molar-refractivity contribution in [2.24, 2.45) is 0 Å². The molecule has 0 bridgehead atoms. The van der Waals surface area contributed by atoms with E-state index in [1.807, 2.05) is 32.0 Å². The predicted molar refractivity (Wildman–Crippen MR) is 103 cm³/mol. The summed E-state index contributed by atoms with van der Waals surface area (Å²) in [4.78, 5) is 12.4. The van der Waals surface area contributed by atoms with Gasteiger partial charge in [0.1, 0.15) is 5.75 Å². The lowest BCUT2D eigenvalue weighted by molar-refractivity contribution is 0.102. The number of ether oxygens (including phenoxy) is 1. The molecule has 0 radical (unpaired) electrons. The Morgan fingerprint density at radius 3 is 2.69 bits per heavy atom. The fraction of sp³-hybridized carbons (Fsp3) is 0.158. The molecule has 3 aromatic rings. The minimum Gasteiger partial charge on any atom is -0.470 e. The second-order valence-corrected chi connectivity index (χ2v) is 6.70. The van der Waals surface area contributed by atoms with E-state index in [1.54, 1.807) is 30.5 Å². The van der Waals surface area contributed by atoms with Crippen molar-refractivity contribution in [1.29, 1.82) is 0 Å². The van der Waals surface area contributed by atoms with E-state index in [9.17, 15) is 4.79 Å². The van der Waals surface area contributed by atoms with Crippen LogP contribution in [0.5, 0.6) is 5.75 Å². The first kappa shape index (κ1) is 18.3. The maximum atomic E-state index is 12.4. The topological polar surface area (TPSA) is 56.2 Å². The highest BCUT2D eigenvalue weighted by Gasteiger charge is 2.12. The molecule has 1 amide bonds. The summed E-state index contributed by atoms with van der Waals surface area (Å²) in [5, 5.41) is 8.04. The van der Waals surface area contributed by atoms with Crippen molar-refractivity contribution in [3.8, 4) is 5.75 Å². The van der Waals surface area contributed by atoms with Gasteiger partial charge < -0.3 is 10.1 Å². The Morgan fingerprint density at radius 2 is 1.96 bits per heavy atom. The van der Waals surface area contributed by atoms with Gasteiger partial charge in [0.2, 0.25) is 0 Å². The first-order valence-corrected chi connectivity index (χ1v) is 8.68. The minimum atomic E-state index is -0.278. The Labute approximate surface area is 161 Å². The fourth-order valence-electron chi connectivity index (χ4n) is 2.42. The van der Waals surface area contributed by atoms with Crippen LogP contribution in [0.25, 0.3) is 0 Å². The first-order chi connectivity index (χ1) is 12.4. The molecular weight excluding hydrogens is 373 g/mol. The van der Waals surface area contributed by atoms with Crippen molar-refractivity contribution in [1.82, 2.24) is 9.78 Å². The van der Waals surface area contributed by atoms with Crippen LogP contribution in [0, 0.1) is 13.8 Å². The maximum absolute atomic E-state index is 12.4. The number of benzene rings is 2. The number of carbonyl (C=O) groups is 1. The molecule has 3 rings (SSSR count). The summed E-state index contributed by atoms with van der Waals surface area (Å²) in [7, 11) is 0. The van der Waals surface area contributed by atoms with E-state index in [1.165, 1.54) is 4.68 Å². The molecule has 2 aromatic carbocycles. The van der Waals surface area contributed by atoms with Gasteiger partial charge in [-0.25, -0.2) is 4.68 Å². The number of halogens is 2. The molecule has 0 saturated carbocycles. The van der Waals surface area contributed by atoms with Crippen molar-refractivity contribution in [3.63, 3.8) is 0 Å². The average Bonchev–Trinajstić information content (AvgIpc) is 3.06. The second-order valence-electron chi connectivity index (χ2n) is 5.86. The number of amides is 1. The van der Waals surface area contributed by atoms with Crippen LogP contribution < -0.4 is 10.1 Å². The van der Waals surface area contributed by atoms with Gasteiger partial charge in [0.15, 0.2) is 12.4 Å². The van der Waals surface area contributed by atoms with E-state index in [4.69, 9.17) is 27.9 Å². The summed E-state index contributed by atoms with van der Waals surface area (Å²) >= 11 is 11.9. The monoisotopic (exact) mass is 389 g/mol. The van der Waals surface area contributed by atoms with Gasteiger partial charge in [-0.3, -0.25) is 4.79 Å². The summed E-state index contributed by atoms with van der Waals surface area (Å²) in [6.45, 7) is 4.08. The van der Waals surface area contributed by atoms with Gasteiger partial charge in [0.25, 0.3) is 5.91 Å². The summed E-state index contributed by atoms with van der Waals surface area (Å²) in [5.41, 5.74) is 3.21. The highest BCUT2D eigenvalue weighted by atomic mass is 35.5. The highest BCUT2D eigenvalue weighted by Crippen LogP contribution is 2.27. The molecule has 7 heteroatoms. The Bertz CT molecular complexity index is 954. The van der Waals surface area contributed by atoms with E-state index >= 15 is 0 Å². The SMILES string of the molecule is Cc1ccc(NC(=O)c2ccn(COc3ccc(Cl)cc3Cl)n2)c(C)c1. The van der Waals surface area contributed by atoms with E-state index in [-0.39, 0.29) is 12.6 Å². The number of nitrogens with zero attached hydrogens (tertiary/aromatic N) is 2. The van der Waals surface area contributed by atoms with E-state index in [2.05, 4.69) is 10.4 Å². The number of carbonyl (C=O) groups excluding carboxylic acids is 1. The fourth-order valence-corrected chi connectivity index (χ4v) is 2.89. The van der Waals surface area contributed by atoms with Crippen molar-refractivity contribution in [3.05, 3.63) is 75.5 Å². The molecule has 0 aliphatic rings. The number of hydrogen-bond acceptors (Lipinski definition) is 3. The van der Waals surface area contributed by atoms with Crippen LogP contribution in [0.4, 0.5) is 5.69 Å². The van der Waals surface area contributed by atoms with Crippen LogP contribution in [0.3, 0.4) is 0 Å². The minimum absolute atomic E-state index is 0.123. The highest BCUT2D eigenvalue weighted by molar-refractivity contribution is 6.35. The quantitative estimate of drug-likeness (QED) is 0.660. The van der Waals surface area contributed by atoms with Crippen LogP contribution in [0.1, 0.15) is 21.6 Å². The smallest absolute Gasteiger partial charge is 0.276 e. The molecule has 1 aromatic heterocycles. The number of hydrogen-bond donors (Lipinski definition) is 1. The van der Waals surface area contributed by atoms with Gasteiger partial charge in [-0.15, -0.1) is 0 Å². The van der Waals surface area contributed by atoms with Gasteiger partial charge in [0.05, 0.1) is 5.02 Å². The van der Waals surface area contributed by atoms with Gasteiger partial charge in [0, 0.05) is 16.9 Å². The van der Waals surface area contributed by atoms with E-state index in [0.29, 0.717) is 21.5 Å². The molecule has 0 fully saturated rings. The largest absolute Gasteiger partial charge is 0.470 e. The van der Waals surface area contributed by atoms with Crippen LogP contribution in [0.2, 0.25) is 10.0 Å². The molecule has 0 spiro atoms. The van der Waals surface area contributed by atoms with Crippen molar-refractivity contribution in [2.75, 3.05) is 5.32 Å². The zero-order valence-corrected chi connectivity index (χ0v) is 15.8. The lowest BCUT2D eigenvalue weighted by Crippen LogP contribution is -2.15. The molecule has 134 valence electrons. The number of rotatable bonds is 5. The van der Waals surface area contributed by atoms with Gasteiger partial charge in [-0.2, -0.15) is 5.10 Å². The van der Waals surface area contributed by atoms with E-state index < -0.39 is 0 Å². The lowest BCUT2D eigenvalue weighted by atomic mass is 10.1. The van der Waals surface area contributed by atoms with Gasteiger partial charge >= 0.3 is 0 Å². The van der Waals surface area contributed by atoms with Gasteiger partial charge in [-0.05, 0) is 49.7 Å². The molecule has 0 aliphatic heterocycles. The second kappa shape index (κ2) is 7.81. The summed E-state index contributed by atoms with van der Waals surface area (Å²) in [5.74, 6) is 0.216. The van der Waals surface area contributed by atoms with E-state index in [0.717, 1.165) is 16.8 Å². The zero-order valence-electron chi connectivity index (χ0n) is 14.3. The summed E-state index contributed by atoms with van der Waals surface area (Å²) in [6.07, 6.45) is 1.67. The first-order valence-electron chi connectivity index (χ1n) is 7.92. The number of nitrogens with one attached hydrogen (secondary N) is 1. The molecule has 26 heavy (non-hydrogen) atoms. The Balaban J connectivity index is 1.64. The molecule has 0 aliphatic carbocycles. The Hall–Kier alpha value is -2.50. The molecule has 0 atom stereocenters. The van der Waals surface area contributed by atoms with Gasteiger partial charge in [-0.1, -0.05) is 40.9 Å². The van der Waals surface area contributed by atoms with Crippen molar-refractivity contribution < 1.29 is 9.53 Å². The zero-order chi connectivity index (χ0) is 18.7. The van der Waals surface area contributed by atoms with Crippen molar-refractivity contribution >= 4 is 34.8 Å². The molecule has 0 unspecified atom stereocenters. The molecule has 1 N–H and O–H groups in total. The number of aromatic nitrogens is 2. The number of anilines is 1. The normalized spacial score (nSPS) is 10.6. The lowest BCUT2D eigenvalue weighted by Gasteiger charge is -2.09. The Morgan fingerprint density at radius 1 is 1.15 bits per heavy atom. The standard InChI is InChI=1S/C19H17Cl2N3O2/c1-12-3-5-16(13(2)9-12)22-19(25)17-7-8-24(23-17)11-26-18-6-4-14(20)10-15(18)21/h3-10H,11H2,1-2H3,(H,22,25). The number of aryl methyl sites for hydroxylation is 2. The third kappa shape index (κ3) is 4.36. The molecule has 5 nitrogen and oxygen atoms in total.